The van der Waals surface area contributed by atoms with E-state index < -0.39 is 5.60 Å². The third kappa shape index (κ3) is 4.37. The Labute approximate surface area is 123 Å². The van der Waals surface area contributed by atoms with Crippen molar-refractivity contribution >= 4 is 6.09 Å². The summed E-state index contributed by atoms with van der Waals surface area (Å²) in [5.41, 5.74) is -0.393. The van der Waals surface area contributed by atoms with E-state index in [9.17, 15) is 4.79 Å². The van der Waals surface area contributed by atoms with Crippen molar-refractivity contribution in [2.75, 3.05) is 26.2 Å². The lowest BCUT2D eigenvalue weighted by molar-refractivity contribution is 0.0114. The predicted molar refractivity (Wildman–Crippen MR) is 80.8 cm³/mol. The smallest absolute Gasteiger partial charge is 0.410 e. The van der Waals surface area contributed by atoms with E-state index in [4.69, 9.17) is 4.74 Å². The maximum atomic E-state index is 12.0. The van der Waals surface area contributed by atoms with Crippen LogP contribution in [0.15, 0.2) is 0 Å². The van der Waals surface area contributed by atoms with Crippen molar-refractivity contribution in [3.63, 3.8) is 0 Å². The van der Waals surface area contributed by atoms with E-state index in [0.29, 0.717) is 6.04 Å². The van der Waals surface area contributed by atoms with Crippen LogP contribution in [0.2, 0.25) is 0 Å². The first-order chi connectivity index (χ1) is 9.35. The van der Waals surface area contributed by atoms with E-state index in [2.05, 4.69) is 11.8 Å². The molecule has 1 atom stereocenters. The fraction of sp³-hybridized carbons (Fsp3) is 0.938. The van der Waals surface area contributed by atoms with Gasteiger partial charge in [0.1, 0.15) is 5.60 Å². The number of piperidine rings is 2. The number of likely N-dealkylation sites (tertiary alicyclic amines) is 2. The van der Waals surface area contributed by atoms with Crippen LogP contribution in [0.5, 0.6) is 0 Å². The summed E-state index contributed by atoms with van der Waals surface area (Å²) in [5, 5.41) is 0. The van der Waals surface area contributed by atoms with Gasteiger partial charge in [0.05, 0.1) is 0 Å². The van der Waals surface area contributed by atoms with Gasteiger partial charge in [0.2, 0.25) is 0 Å². The van der Waals surface area contributed by atoms with Crippen molar-refractivity contribution in [2.24, 2.45) is 5.92 Å². The summed E-state index contributed by atoms with van der Waals surface area (Å²) in [4.78, 5) is 16.5. The quantitative estimate of drug-likeness (QED) is 0.741. The number of nitrogens with zero attached hydrogens (tertiary/aromatic N) is 2. The molecule has 0 N–H and O–H groups in total. The molecule has 2 aliphatic rings. The van der Waals surface area contributed by atoms with Gasteiger partial charge in [-0.3, -0.25) is 4.90 Å². The fourth-order valence-electron chi connectivity index (χ4n) is 3.30. The molecule has 4 heteroatoms. The van der Waals surface area contributed by atoms with Crippen LogP contribution < -0.4 is 0 Å². The highest BCUT2D eigenvalue weighted by Crippen LogP contribution is 2.24. The lowest BCUT2D eigenvalue weighted by Gasteiger charge is -2.41. The Balaban J connectivity index is 1.78. The van der Waals surface area contributed by atoms with Gasteiger partial charge >= 0.3 is 6.09 Å². The molecular formula is C16H30N2O2. The van der Waals surface area contributed by atoms with Gasteiger partial charge in [-0.2, -0.15) is 0 Å². The maximum absolute atomic E-state index is 12.0. The zero-order valence-corrected chi connectivity index (χ0v) is 13.5. The molecule has 116 valence electrons. The topological polar surface area (TPSA) is 32.8 Å². The average Bonchev–Trinajstić information content (AvgIpc) is 2.37. The van der Waals surface area contributed by atoms with Crippen LogP contribution >= 0.6 is 0 Å². The van der Waals surface area contributed by atoms with Gasteiger partial charge in [0.15, 0.2) is 0 Å². The lowest BCUT2D eigenvalue weighted by atomic mass is 9.95. The van der Waals surface area contributed by atoms with Gasteiger partial charge in [-0.1, -0.05) is 6.92 Å². The van der Waals surface area contributed by atoms with Crippen LogP contribution in [0.3, 0.4) is 0 Å². The van der Waals surface area contributed by atoms with Crippen LogP contribution in [0, 0.1) is 5.92 Å². The minimum absolute atomic E-state index is 0.150. The van der Waals surface area contributed by atoms with Gasteiger partial charge in [-0.15, -0.1) is 0 Å². The zero-order chi connectivity index (χ0) is 14.8. The molecule has 0 aromatic carbocycles. The predicted octanol–water partition coefficient (Wildman–Crippen LogP) is 3.12. The molecule has 2 aliphatic heterocycles. The molecule has 2 heterocycles. The molecule has 0 aromatic heterocycles. The van der Waals surface area contributed by atoms with Crippen molar-refractivity contribution in [3.05, 3.63) is 0 Å². The zero-order valence-electron chi connectivity index (χ0n) is 13.5. The summed E-state index contributed by atoms with van der Waals surface area (Å²) in [7, 11) is 0. The number of amides is 1. The Bertz CT molecular complexity index is 330. The number of rotatable bonds is 1. The fourth-order valence-corrected chi connectivity index (χ4v) is 3.30. The Morgan fingerprint density at radius 1 is 1.10 bits per heavy atom. The molecule has 4 nitrogen and oxygen atoms in total. The molecule has 0 spiro atoms. The van der Waals surface area contributed by atoms with E-state index in [1.165, 1.54) is 25.9 Å². The van der Waals surface area contributed by atoms with Crippen molar-refractivity contribution in [1.29, 1.82) is 0 Å². The Kier molecular flexibility index (Phi) is 4.95. The molecule has 2 rings (SSSR count). The number of ether oxygens (including phenoxy) is 1. The van der Waals surface area contributed by atoms with Gasteiger partial charge < -0.3 is 9.64 Å². The number of hydrogen-bond acceptors (Lipinski definition) is 3. The van der Waals surface area contributed by atoms with Crippen molar-refractivity contribution < 1.29 is 9.53 Å². The third-order valence-electron chi connectivity index (χ3n) is 4.32. The monoisotopic (exact) mass is 282 g/mol. The van der Waals surface area contributed by atoms with Crippen LogP contribution in [-0.4, -0.2) is 53.7 Å². The van der Waals surface area contributed by atoms with E-state index in [0.717, 1.165) is 31.8 Å². The third-order valence-corrected chi connectivity index (χ3v) is 4.32. The summed E-state index contributed by atoms with van der Waals surface area (Å²) >= 11 is 0. The first-order valence-electron chi connectivity index (χ1n) is 8.07. The molecule has 0 saturated carbocycles. The molecule has 20 heavy (non-hydrogen) atoms. The minimum atomic E-state index is -0.393. The first kappa shape index (κ1) is 15.6. The van der Waals surface area contributed by atoms with Gasteiger partial charge in [0, 0.05) is 25.7 Å². The SMILES string of the molecule is CC1CCCN(C2CCN(C(=O)OC(C)(C)C)CC2)C1. The summed E-state index contributed by atoms with van der Waals surface area (Å²) in [6.45, 7) is 12.3. The highest BCUT2D eigenvalue weighted by atomic mass is 16.6. The van der Waals surface area contributed by atoms with Gasteiger partial charge in [0.25, 0.3) is 0 Å². The van der Waals surface area contributed by atoms with Crippen LogP contribution in [0.1, 0.15) is 53.4 Å². The second-order valence-corrected chi connectivity index (χ2v) is 7.44. The molecule has 2 fully saturated rings. The lowest BCUT2D eigenvalue weighted by Crippen LogP contribution is -2.50. The Hall–Kier alpha value is -0.770. The van der Waals surface area contributed by atoms with Crippen molar-refractivity contribution in [2.45, 2.75) is 65.0 Å². The minimum Gasteiger partial charge on any atom is -0.444 e. The summed E-state index contributed by atoms with van der Waals surface area (Å²) in [6.07, 6.45) is 4.72. The standard InChI is InChI=1S/C16H30N2O2/c1-13-6-5-9-18(12-13)14-7-10-17(11-8-14)15(19)20-16(2,3)4/h13-14H,5-12H2,1-4H3. The number of hydrogen-bond donors (Lipinski definition) is 0. The molecule has 0 aromatic rings. The van der Waals surface area contributed by atoms with E-state index in [1.54, 1.807) is 0 Å². The van der Waals surface area contributed by atoms with Crippen LogP contribution in [0.4, 0.5) is 4.79 Å². The number of carbonyl (C=O) groups excluding carboxylic acids is 1. The molecule has 1 amide bonds. The Morgan fingerprint density at radius 3 is 2.30 bits per heavy atom. The summed E-state index contributed by atoms with van der Waals surface area (Å²) in [5.74, 6) is 0.827. The largest absolute Gasteiger partial charge is 0.444 e. The van der Waals surface area contributed by atoms with E-state index in [1.807, 2.05) is 25.7 Å². The molecular weight excluding hydrogens is 252 g/mol. The highest BCUT2D eigenvalue weighted by Gasteiger charge is 2.30. The van der Waals surface area contributed by atoms with Crippen LogP contribution in [0.25, 0.3) is 0 Å². The van der Waals surface area contributed by atoms with Gasteiger partial charge in [-0.25, -0.2) is 4.79 Å². The highest BCUT2D eigenvalue weighted by molar-refractivity contribution is 5.68. The van der Waals surface area contributed by atoms with Crippen LogP contribution in [-0.2, 0) is 4.74 Å². The van der Waals surface area contributed by atoms with E-state index in [-0.39, 0.29) is 6.09 Å². The Morgan fingerprint density at radius 2 is 1.75 bits per heavy atom. The first-order valence-corrected chi connectivity index (χ1v) is 8.07. The van der Waals surface area contributed by atoms with Crippen molar-refractivity contribution in [1.82, 2.24) is 9.80 Å². The second kappa shape index (κ2) is 6.33. The van der Waals surface area contributed by atoms with E-state index >= 15 is 0 Å². The molecule has 0 radical (unpaired) electrons. The molecule has 2 saturated heterocycles. The normalized spacial score (nSPS) is 26.6. The van der Waals surface area contributed by atoms with Gasteiger partial charge in [-0.05, 0) is 58.9 Å². The molecule has 1 unspecified atom stereocenters. The molecule has 0 bridgehead atoms. The maximum Gasteiger partial charge on any atom is 0.410 e. The summed E-state index contributed by atoms with van der Waals surface area (Å²) in [6, 6.07) is 0.663. The van der Waals surface area contributed by atoms with Crippen molar-refractivity contribution in [3.8, 4) is 0 Å². The number of carbonyl (C=O) groups is 1. The summed E-state index contributed by atoms with van der Waals surface area (Å²) < 4.78 is 5.45. The average molecular weight is 282 g/mol. The second-order valence-electron chi connectivity index (χ2n) is 7.44. The molecule has 0 aliphatic carbocycles.